The largest absolute Gasteiger partial charge is 0.463 e. The number of hydrogen-bond acceptors (Lipinski definition) is 7. The number of aryl methyl sites for hydroxylation is 1. The highest BCUT2D eigenvalue weighted by Gasteiger charge is 2.37. The maximum atomic E-state index is 12.9. The van der Waals surface area contributed by atoms with Crippen LogP contribution in [0.25, 0.3) is 0 Å². The Morgan fingerprint density at radius 1 is 1.34 bits per heavy atom. The molecule has 1 aromatic carbocycles. The summed E-state index contributed by atoms with van der Waals surface area (Å²) < 4.78 is 11.0. The average Bonchev–Trinajstić information content (AvgIpc) is 2.73. The molecule has 2 heterocycles. The number of nitrogens with zero attached hydrogens (tertiary/aromatic N) is 2. The Kier molecular flexibility index (Phi) is 6.57. The predicted molar refractivity (Wildman–Crippen MR) is 110 cm³/mol. The predicted octanol–water partition coefficient (Wildman–Crippen LogP) is 3.81. The first kappa shape index (κ1) is 20.5. The summed E-state index contributed by atoms with van der Waals surface area (Å²) in [5.41, 5.74) is 8.35. The van der Waals surface area contributed by atoms with Gasteiger partial charge in [-0.15, -0.1) is 11.8 Å². The molecule has 1 aliphatic heterocycles. The summed E-state index contributed by atoms with van der Waals surface area (Å²) in [6.45, 7) is 3.96. The Balaban J connectivity index is 2.03. The van der Waals surface area contributed by atoms with E-state index in [1.54, 1.807) is 31.5 Å². The minimum absolute atomic E-state index is 0.00564. The van der Waals surface area contributed by atoms with Gasteiger partial charge in [-0.2, -0.15) is 5.26 Å². The van der Waals surface area contributed by atoms with Crippen LogP contribution in [0.1, 0.15) is 24.0 Å². The fraction of sp³-hybridized carbons (Fsp3) is 0.227. The van der Waals surface area contributed by atoms with Crippen molar-refractivity contribution in [3.63, 3.8) is 0 Å². The van der Waals surface area contributed by atoms with Crippen LogP contribution in [0.4, 0.5) is 0 Å². The lowest BCUT2D eigenvalue weighted by atomic mass is 9.84. The maximum absolute atomic E-state index is 12.9. The van der Waals surface area contributed by atoms with Gasteiger partial charge >= 0.3 is 5.97 Å². The molecule has 0 aliphatic carbocycles. The van der Waals surface area contributed by atoms with Crippen molar-refractivity contribution in [2.75, 3.05) is 12.4 Å². The van der Waals surface area contributed by atoms with Crippen molar-refractivity contribution < 1.29 is 14.3 Å². The number of nitrogens with two attached hydrogens (primary N) is 1. The maximum Gasteiger partial charge on any atom is 0.338 e. The van der Waals surface area contributed by atoms with E-state index < -0.39 is 11.9 Å². The number of pyridine rings is 1. The number of hydrogen-bond donors (Lipinski definition) is 1. The summed E-state index contributed by atoms with van der Waals surface area (Å²) in [6, 6.07) is 13.7. The molecule has 7 heteroatoms. The third kappa shape index (κ3) is 4.61. The van der Waals surface area contributed by atoms with Crippen LogP contribution in [-0.4, -0.2) is 23.3 Å². The summed E-state index contributed by atoms with van der Waals surface area (Å²) >= 11 is 1.52. The zero-order valence-electron chi connectivity index (χ0n) is 16.2. The lowest BCUT2D eigenvalue weighted by Gasteiger charge is -2.27. The molecule has 1 unspecified atom stereocenters. The molecule has 0 radical (unpaired) electrons. The second kappa shape index (κ2) is 9.30. The number of ether oxygens (including phenoxy) is 2. The van der Waals surface area contributed by atoms with Crippen LogP contribution in [0.3, 0.4) is 0 Å². The minimum atomic E-state index is -0.685. The zero-order chi connectivity index (χ0) is 20.8. The van der Waals surface area contributed by atoms with Crippen LogP contribution < -0.4 is 5.73 Å². The van der Waals surface area contributed by atoms with Gasteiger partial charge in [0.05, 0.1) is 23.9 Å². The van der Waals surface area contributed by atoms with Crippen molar-refractivity contribution in [2.45, 2.75) is 24.7 Å². The quantitative estimate of drug-likeness (QED) is 0.574. The van der Waals surface area contributed by atoms with Crippen LogP contribution in [0.5, 0.6) is 0 Å². The molecule has 148 valence electrons. The third-order valence-electron chi connectivity index (χ3n) is 4.40. The molecule has 0 spiro atoms. The number of nitriles is 1. The molecule has 0 bridgehead atoms. The molecule has 2 aromatic rings. The van der Waals surface area contributed by atoms with Gasteiger partial charge in [0.25, 0.3) is 0 Å². The van der Waals surface area contributed by atoms with Gasteiger partial charge in [0, 0.05) is 17.3 Å². The van der Waals surface area contributed by atoms with Crippen LogP contribution in [0.2, 0.25) is 0 Å². The van der Waals surface area contributed by atoms with Gasteiger partial charge in [0.1, 0.15) is 17.4 Å². The van der Waals surface area contributed by atoms with E-state index in [4.69, 9.17) is 15.2 Å². The second-order valence-electron chi connectivity index (χ2n) is 6.37. The Morgan fingerprint density at radius 2 is 2.10 bits per heavy atom. The van der Waals surface area contributed by atoms with Gasteiger partial charge in [-0.05, 0) is 37.6 Å². The number of aromatic nitrogens is 1. The van der Waals surface area contributed by atoms with Crippen molar-refractivity contribution >= 4 is 17.7 Å². The van der Waals surface area contributed by atoms with E-state index in [2.05, 4.69) is 11.1 Å². The first-order valence-electron chi connectivity index (χ1n) is 9.12. The molecule has 2 N–H and O–H groups in total. The van der Waals surface area contributed by atoms with Crippen molar-refractivity contribution in [1.29, 1.82) is 5.26 Å². The molecule has 1 atom stereocenters. The highest BCUT2D eigenvalue weighted by Crippen LogP contribution is 2.40. The van der Waals surface area contributed by atoms with Crippen LogP contribution in [-0.2, 0) is 14.3 Å². The zero-order valence-corrected chi connectivity index (χ0v) is 17.0. The van der Waals surface area contributed by atoms with Crippen molar-refractivity contribution in [2.24, 2.45) is 5.73 Å². The Morgan fingerprint density at radius 3 is 2.72 bits per heavy atom. The van der Waals surface area contributed by atoms with E-state index in [9.17, 15) is 10.1 Å². The molecule has 6 nitrogen and oxygen atoms in total. The highest BCUT2D eigenvalue weighted by molar-refractivity contribution is 7.99. The van der Waals surface area contributed by atoms with E-state index in [1.165, 1.54) is 11.8 Å². The molecule has 0 amide bonds. The fourth-order valence-corrected chi connectivity index (χ4v) is 3.86. The van der Waals surface area contributed by atoms with Crippen molar-refractivity contribution in [3.05, 3.63) is 82.7 Å². The van der Waals surface area contributed by atoms with Gasteiger partial charge in [0.2, 0.25) is 5.88 Å². The van der Waals surface area contributed by atoms with Crippen molar-refractivity contribution in [3.8, 4) is 6.07 Å². The number of benzene rings is 1. The van der Waals surface area contributed by atoms with E-state index >= 15 is 0 Å². The van der Waals surface area contributed by atoms with E-state index in [0.29, 0.717) is 17.1 Å². The Bertz CT molecular complexity index is 992. The summed E-state index contributed by atoms with van der Waals surface area (Å²) in [6.07, 6.45) is 3.24. The molecule has 1 aliphatic rings. The van der Waals surface area contributed by atoms with Crippen LogP contribution >= 0.6 is 11.8 Å². The van der Waals surface area contributed by atoms with E-state index in [-0.39, 0.29) is 23.6 Å². The van der Waals surface area contributed by atoms with Crippen molar-refractivity contribution in [1.82, 2.24) is 4.98 Å². The number of esters is 1. The molecule has 3 rings (SSSR count). The topological polar surface area (TPSA) is 98.2 Å². The lowest BCUT2D eigenvalue weighted by molar-refractivity contribution is -0.139. The smallest absolute Gasteiger partial charge is 0.338 e. The number of rotatable bonds is 6. The van der Waals surface area contributed by atoms with Gasteiger partial charge in [-0.1, -0.05) is 23.8 Å². The number of carbonyl (C=O) groups excluding carboxylic acids is 1. The molecule has 0 saturated heterocycles. The SMILES string of the molecule is CCOC(=O)C1=C(CSc2ccc(C)cc2)OC(N)=C(C#N)C1c1cccnc1. The van der Waals surface area contributed by atoms with Gasteiger partial charge in [-0.25, -0.2) is 4.79 Å². The molecule has 0 fully saturated rings. The Hall–Kier alpha value is -3.24. The number of thioether (sulfide) groups is 1. The monoisotopic (exact) mass is 407 g/mol. The fourth-order valence-electron chi connectivity index (χ4n) is 3.02. The van der Waals surface area contributed by atoms with Gasteiger partial charge in [-0.3, -0.25) is 4.98 Å². The third-order valence-corrected chi connectivity index (χ3v) is 5.41. The normalized spacial score (nSPS) is 16.2. The first-order valence-corrected chi connectivity index (χ1v) is 10.1. The van der Waals surface area contributed by atoms with Gasteiger partial charge < -0.3 is 15.2 Å². The summed E-state index contributed by atoms with van der Waals surface area (Å²) in [5, 5.41) is 9.67. The van der Waals surface area contributed by atoms with E-state index in [1.807, 2.05) is 31.2 Å². The summed E-state index contributed by atoms with van der Waals surface area (Å²) in [5.74, 6) is -0.461. The average molecular weight is 407 g/mol. The van der Waals surface area contributed by atoms with Gasteiger partial charge in [0.15, 0.2) is 0 Å². The summed E-state index contributed by atoms with van der Waals surface area (Å²) in [4.78, 5) is 18.0. The first-order chi connectivity index (χ1) is 14.0. The molecular formula is C22H21N3O3S. The van der Waals surface area contributed by atoms with Crippen LogP contribution in [0, 0.1) is 18.3 Å². The standard InChI is InChI=1S/C22H21N3O3S/c1-3-27-22(26)20-18(13-29-16-8-6-14(2)7-9-16)28-21(24)17(11-23)19(20)15-5-4-10-25-12-15/h4-10,12,19H,3,13,24H2,1-2H3. The number of carbonyl (C=O) groups is 1. The van der Waals surface area contributed by atoms with E-state index in [0.717, 1.165) is 10.5 Å². The molecular weight excluding hydrogens is 386 g/mol. The molecule has 0 saturated carbocycles. The number of allylic oxidation sites excluding steroid dienone is 1. The molecule has 29 heavy (non-hydrogen) atoms. The second-order valence-corrected chi connectivity index (χ2v) is 7.42. The lowest BCUT2D eigenvalue weighted by Crippen LogP contribution is -2.27. The summed E-state index contributed by atoms with van der Waals surface area (Å²) in [7, 11) is 0. The minimum Gasteiger partial charge on any atom is -0.463 e. The van der Waals surface area contributed by atoms with Crippen LogP contribution in [0.15, 0.2) is 76.5 Å². The molecule has 1 aromatic heterocycles. The Labute approximate surface area is 174 Å². The highest BCUT2D eigenvalue weighted by atomic mass is 32.2.